The van der Waals surface area contributed by atoms with E-state index in [1.807, 2.05) is 0 Å². The summed E-state index contributed by atoms with van der Waals surface area (Å²) < 4.78 is 41.1. The second kappa shape index (κ2) is 16.9. The average Bonchev–Trinajstić information content (AvgIpc) is 2.97. The highest BCUT2D eigenvalue weighted by atomic mass is 19.4. The number of nitrogens with two attached hydrogens (primary N) is 2. The number of hydrogen-bond acceptors (Lipinski definition) is 9. The fraction of sp³-hybridized carbons (Fsp3) is 0.519. The number of carbonyl (C=O) groups is 6. The second-order valence-electron chi connectivity index (χ2n) is 9.89. The van der Waals surface area contributed by atoms with Crippen LogP contribution >= 0.6 is 0 Å². The number of nitrogens with one attached hydrogen (secondary N) is 3. The number of halogens is 3. The summed E-state index contributed by atoms with van der Waals surface area (Å²) in [6.45, 7) is -1.15. The first-order chi connectivity index (χ1) is 20.7. The smallest absolute Gasteiger partial charge is 0.385 e. The minimum atomic E-state index is -5.40. The molecule has 17 heteroatoms. The van der Waals surface area contributed by atoms with Gasteiger partial charge in [0.1, 0.15) is 18.4 Å². The van der Waals surface area contributed by atoms with Gasteiger partial charge >= 0.3 is 18.1 Å². The van der Waals surface area contributed by atoms with Gasteiger partial charge in [-0.05, 0) is 44.4 Å². The Balaban J connectivity index is 2.03. The molecule has 44 heavy (non-hydrogen) atoms. The molecule has 1 aliphatic heterocycles. The number of nitrogens with zero attached hydrogens (tertiary/aromatic N) is 2. The van der Waals surface area contributed by atoms with Crippen LogP contribution in [-0.2, 0) is 28.7 Å². The van der Waals surface area contributed by atoms with E-state index >= 15 is 0 Å². The van der Waals surface area contributed by atoms with E-state index in [-0.39, 0.29) is 56.2 Å². The van der Waals surface area contributed by atoms with E-state index in [1.165, 1.54) is 29.2 Å². The van der Waals surface area contributed by atoms with Gasteiger partial charge in [0.2, 0.25) is 17.7 Å². The number of piperazine rings is 1. The Morgan fingerprint density at radius 1 is 0.977 bits per heavy atom. The normalized spacial score (nSPS) is 15.0. The van der Waals surface area contributed by atoms with Crippen molar-refractivity contribution in [2.75, 3.05) is 39.3 Å². The Morgan fingerprint density at radius 2 is 1.64 bits per heavy atom. The van der Waals surface area contributed by atoms with Crippen molar-refractivity contribution in [2.24, 2.45) is 11.5 Å². The van der Waals surface area contributed by atoms with Gasteiger partial charge in [0.05, 0.1) is 6.54 Å². The largest absolute Gasteiger partial charge is 0.491 e. The van der Waals surface area contributed by atoms with Crippen molar-refractivity contribution in [1.29, 1.82) is 5.41 Å². The van der Waals surface area contributed by atoms with Crippen molar-refractivity contribution in [3.63, 3.8) is 0 Å². The lowest BCUT2D eigenvalue weighted by Crippen LogP contribution is -2.61. The summed E-state index contributed by atoms with van der Waals surface area (Å²) >= 11 is 0. The molecule has 0 radical (unpaired) electrons. The van der Waals surface area contributed by atoms with Gasteiger partial charge in [-0.15, -0.1) is 0 Å². The molecule has 7 N–H and O–H groups in total. The van der Waals surface area contributed by atoms with Crippen molar-refractivity contribution < 1.29 is 46.7 Å². The maximum absolute atomic E-state index is 13.2. The van der Waals surface area contributed by atoms with Crippen LogP contribution in [0.2, 0.25) is 0 Å². The van der Waals surface area contributed by atoms with Crippen molar-refractivity contribution in [3.8, 4) is 0 Å². The number of amidine groups is 1. The zero-order valence-electron chi connectivity index (χ0n) is 23.9. The molecular weight excluding hydrogens is 591 g/mol. The van der Waals surface area contributed by atoms with Crippen LogP contribution in [0.1, 0.15) is 54.4 Å². The lowest BCUT2D eigenvalue weighted by molar-refractivity contribution is -0.202. The molecule has 1 aromatic carbocycles. The zero-order valence-corrected chi connectivity index (χ0v) is 23.9. The van der Waals surface area contributed by atoms with Crippen molar-refractivity contribution in [1.82, 2.24) is 20.4 Å². The standard InChI is InChI=1S/C27H36F3N7O7/c28-27(29,30)26(43)44-22(40)16-36-13-14-37(19(25(36)42)5-4-12-34-20(38)6-2-1-3-11-31)21(39)15-35-24(41)18-9-7-17(8-10-18)23(32)33/h7-10,19H,1-6,11-16,31H2,(H3,32,33)(H,34,38)(H,35,41)/t19-/m0/s1. The van der Waals surface area contributed by atoms with E-state index in [1.54, 1.807) is 0 Å². The van der Waals surface area contributed by atoms with Gasteiger partial charge in [0.15, 0.2) is 0 Å². The third-order valence-corrected chi connectivity index (χ3v) is 6.60. The van der Waals surface area contributed by atoms with E-state index in [2.05, 4.69) is 15.4 Å². The number of amides is 4. The highest BCUT2D eigenvalue weighted by Crippen LogP contribution is 2.19. The van der Waals surface area contributed by atoms with Crippen molar-refractivity contribution >= 4 is 41.4 Å². The topological polar surface area (TPSA) is 218 Å². The van der Waals surface area contributed by atoms with Gasteiger partial charge in [0, 0.05) is 37.2 Å². The number of nitrogen functional groups attached to an aromatic ring is 1. The third kappa shape index (κ3) is 11.3. The molecule has 2 rings (SSSR count). The Labute approximate surface area is 251 Å². The Bertz CT molecular complexity index is 1230. The van der Waals surface area contributed by atoms with E-state index in [0.29, 0.717) is 18.5 Å². The Hall–Kier alpha value is -4.54. The van der Waals surface area contributed by atoms with Crippen LogP contribution in [0.5, 0.6) is 0 Å². The molecule has 1 aromatic rings. The molecule has 0 saturated carbocycles. The molecule has 1 saturated heterocycles. The number of rotatable bonds is 15. The van der Waals surface area contributed by atoms with Crippen LogP contribution in [0.25, 0.3) is 0 Å². The Kier molecular flexibility index (Phi) is 13.7. The van der Waals surface area contributed by atoms with Crippen molar-refractivity contribution in [3.05, 3.63) is 35.4 Å². The average molecular weight is 628 g/mol. The van der Waals surface area contributed by atoms with Gasteiger partial charge in [-0.1, -0.05) is 18.6 Å². The van der Waals surface area contributed by atoms with E-state index in [9.17, 15) is 41.9 Å². The van der Waals surface area contributed by atoms with Crippen LogP contribution in [0, 0.1) is 5.41 Å². The van der Waals surface area contributed by atoms with Gasteiger partial charge in [-0.3, -0.25) is 24.6 Å². The summed E-state index contributed by atoms with van der Waals surface area (Å²) in [7, 11) is 0. The molecule has 0 aromatic heterocycles. The summed E-state index contributed by atoms with van der Waals surface area (Å²) in [6.07, 6.45) is -2.62. The van der Waals surface area contributed by atoms with Gasteiger partial charge in [-0.2, -0.15) is 13.2 Å². The van der Waals surface area contributed by atoms with E-state index in [0.717, 1.165) is 17.7 Å². The summed E-state index contributed by atoms with van der Waals surface area (Å²) in [5.41, 5.74) is 11.4. The van der Waals surface area contributed by atoms with E-state index < -0.39 is 55.0 Å². The Morgan fingerprint density at radius 3 is 2.25 bits per heavy atom. The summed E-state index contributed by atoms with van der Waals surface area (Å²) in [4.78, 5) is 75.9. The maximum atomic E-state index is 13.2. The van der Waals surface area contributed by atoms with Crippen LogP contribution in [0.15, 0.2) is 24.3 Å². The minimum absolute atomic E-state index is 0.0194. The summed E-state index contributed by atoms with van der Waals surface area (Å²) in [5.74, 6) is -6.74. The number of ether oxygens (including phenoxy) is 1. The van der Waals surface area contributed by atoms with Crippen LogP contribution in [-0.4, -0.2) is 103 Å². The molecule has 0 spiro atoms. The van der Waals surface area contributed by atoms with Gasteiger partial charge in [-0.25, -0.2) is 9.59 Å². The number of unbranched alkanes of at least 4 members (excludes halogenated alkanes) is 2. The molecule has 1 aliphatic rings. The molecule has 242 valence electrons. The fourth-order valence-electron chi connectivity index (χ4n) is 4.30. The first-order valence-corrected chi connectivity index (χ1v) is 13.8. The monoisotopic (exact) mass is 627 g/mol. The maximum Gasteiger partial charge on any atom is 0.491 e. The molecule has 1 heterocycles. The highest BCUT2D eigenvalue weighted by Gasteiger charge is 2.43. The molecular formula is C27H36F3N7O7. The number of benzene rings is 1. The number of alkyl halides is 3. The summed E-state index contributed by atoms with van der Waals surface area (Å²) in [6, 6.07) is 4.57. The lowest BCUT2D eigenvalue weighted by Gasteiger charge is -2.40. The second-order valence-corrected chi connectivity index (χ2v) is 9.89. The highest BCUT2D eigenvalue weighted by molar-refractivity contribution is 6.00. The number of hydrogen-bond donors (Lipinski definition) is 5. The predicted molar refractivity (Wildman–Crippen MR) is 149 cm³/mol. The third-order valence-electron chi connectivity index (χ3n) is 6.60. The molecule has 0 bridgehead atoms. The molecule has 0 aliphatic carbocycles. The molecule has 14 nitrogen and oxygen atoms in total. The summed E-state index contributed by atoms with van der Waals surface area (Å²) in [5, 5.41) is 12.6. The van der Waals surface area contributed by atoms with Crippen LogP contribution in [0.4, 0.5) is 13.2 Å². The number of esters is 2. The molecule has 1 fully saturated rings. The molecule has 0 unspecified atom stereocenters. The van der Waals surface area contributed by atoms with Crippen molar-refractivity contribution in [2.45, 2.75) is 50.7 Å². The first-order valence-electron chi connectivity index (χ1n) is 13.8. The zero-order chi connectivity index (χ0) is 32.9. The fourth-order valence-corrected chi connectivity index (χ4v) is 4.30. The predicted octanol–water partition coefficient (Wildman–Crippen LogP) is -0.213. The number of carbonyl (C=O) groups excluding carboxylic acids is 6. The first kappa shape index (κ1) is 35.7. The molecule has 1 atom stereocenters. The minimum Gasteiger partial charge on any atom is -0.385 e. The van der Waals surface area contributed by atoms with Gasteiger partial charge in [0.25, 0.3) is 5.91 Å². The lowest BCUT2D eigenvalue weighted by atomic mass is 10.0. The quantitative estimate of drug-likeness (QED) is 0.0570. The van der Waals surface area contributed by atoms with E-state index in [4.69, 9.17) is 16.9 Å². The molecule has 4 amide bonds. The van der Waals surface area contributed by atoms with Gasteiger partial charge < -0.3 is 36.6 Å². The van der Waals surface area contributed by atoms with Crippen LogP contribution in [0.3, 0.4) is 0 Å². The SMILES string of the molecule is N=C(N)c1ccc(C(=O)NCC(=O)N2CCN(CC(=O)OC(=O)C(F)(F)F)C(=O)[C@@H]2CCCNC(=O)CCCCCN)cc1. The van der Waals surface area contributed by atoms with Crippen LogP contribution < -0.4 is 22.1 Å².